The average Bonchev–Trinajstić information content (AvgIpc) is 2.88. The first-order valence-corrected chi connectivity index (χ1v) is 6.58. The lowest BCUT2D eigenvalue weighted by atomic mass is 10.1. The number of imidazole rings is 1. The third kappa shape index (κ3) is 1.83. The van der Waals surface area contributed by atoms with Crippen LogP contribution in [0.2, 0.25) is 0 Å². The molecule has 1 saturated heterocycles. The number of anilines is 1. The first-order chi connectivity index (χ1) is 9.49. The second-order valence-corrected chi connectivity index (χ2v) is 5.21. The number of rotatable bonds is 1. The van der Waals surface area contributed by atoms with Crippen molar-refractivity contribution in [1.82, 2.24) is 19.1 Å². The van der Waals surface area contributed by atoms with E-state index in [-0.39, 0.29) is 11.7 Å². The third-order valence-corrected chi connectivity index (χ3v) is 3.78. The number of aromatic amines is 1. The Kier molecular flexibility index (Phi) is 2.89. The van der Waals surface area contributed by atoms with Crippen molar-refractivity contribution in [2.24, 2.45) is 14.1 Å². The topological polar surface area (TPSA) is 96.2 Å². The molecule has 0 aromatic carbocycles. The van der Waals surface area contributed by atoms with Crippen LogP contribution in [-0.2, 0) is 14.1 Å². The summed E-state index contributed by atoms with van der Waals surface area (Å²) in [6.07, 6.45) is 1.26. The van der Waals surface area contributed by atoms with E-state index in [1.165, 1.54) is 11.6 Å². The first kappa shape index (κ1) is 12.9. The molecule has 2 aromatic heterocycles. The molecule has 0 bridgehead atoms. The highest BCUT2D eigenvalue weighted by atomic mass is 16.3. The van der Waals surface area contributed by atoms with Gasteiger partial charge >= 0.3 is 5.69 Å². The molecular weight excluding hydrogens is 262 g/mol. The Morgan fingerprint density at radius 1 is 1.30 bits per heavy atom. The zero-order chi connectivity index (χ0) is 14.4. The summed E-state index contributed by atoms with van der Waals surface area (Å²) in [4.78, 5) is 33.1. The number of aromatic nitrogens is 4. The van der Waals surface area contributed by atoms with E-state index in [1.54, 1.807) is 7.05 Å². The van der Waals surface area contributed by atoms with Crippen LogP contribution in [0.4, 0.5) is 5.95 Å². The molecule has 0 spiro atoms. The Bertz CT molecular complexity index is 772. The molecule has 20 heavy (non-hydrogen) atoms. The second kappa shape index (κ2) is 4.48. The van der Waals surface area contributed by atoms with Crippen LogP contribution in [-0.4, -0.2) is 43.4 Å². The number of nitrogens with zero attached hydrogens (tertiary/aromatic N) is 4. The number of piperidine rings is 1. The smallest absolute Gasteiger partial charge is 0.332 e. The number of H-pyrrole nitrogens is 1. The summed E-state index contributed by atoms with van der Waals surface area (Å²) in [6, 6.07) is 0. The van der Waals surface area contributed by atoms with Crippen LogP contribution in [0.3, 0.4) is 0 Å². The molecule has 0 aliphatic carbocycles. The van der Waals surface area contributed by atoms with Crippen LogP contribution in [0, 0.1) is 0 Å². The lowest BCUT2D eigenvalue weighted by Crippen LogP contribution is -2.38. The lowest BCUT2D eigenvalue weighted by Gasteiger charge is -2.29. The number of aryl methyl sites for hydroxylation is 1. The minimum atomic E-state index is -0.403. The molecule has 8 heteroatoms. The third-order valence-electron chi connectivity index (χ3n) is 3.78. The van der Waals surface area contributed by atoms with Gasteiger partial charge in [-0.2, -0.15) is 4.98 Å². The molecule has 1 atom stereocenters. The van der Waals surface area contributed by atoms with E-state index in [1.807, 2.05) is 4.90 Å². The van der Waals surface area contributed by atoms with Crippen molar-refractivity contribution in [2.75, 3.05) is 18.0 Å². The Balaban J connectivity index is 2.16. The minimum absolute atomic E-state index is 0.310. The summed E-state index contributed by atoms with van der Waals surface area (Å²) < 4.78 is 2.40. The van der Waals surface area contributed by atoms with Gasteiger partial charge in [0.05, 0.1) is 6.10 Å². The quantitative estimate of drug-likeness (QED) is 0.692. The highest BCUT2D eigenvalue weighted by Gasteiger charge is 2.22. The average molecular weight is 279 g/mol. The van der Waals surface area contributed by atoms with Gasteiger partial charge in [0, 0.05) is 27.2 Å². The number of nitrogens with one attached hydrogen (secondary N) is 1. The fourth-order valence-electron chi connectivity index (χ4n) is 2.61. The van der Waals surface area contributed by atoms with Crippen LogP contribution in [0.1, 0.15) is 12.8 Å². The molecule has 2 aromatic rings. The van der Waals surface area contributed by atoms with Gasteiger partial charge < -0.3 is 15.0 Å². The van der Waals surface area contributed by atoms with Crippen LogP contribution < -0.4 is 16.1 Å². The molecule has 108 valence electrons. The SMILES string of the molecule is Cn1c(=O)c2[nH]c(N3CCCC(O)C3)nc2n(C)c1=O. The number of fused-ring (bicyclic) bond motifs is 1. The summed E-state index contributed by atoms with van der Waals surface area (Å²) in [5, 5.41) is 9.71. The molecule has 0 radical (unpaired) electrons. The highest BCUT2D eigenvalue weighted by molar-refractivity contribution is 5.73. The van der Waals surface area contributed by atoms with Gasteiger partial charge in [0.25, 0.3) is 5.56 Å². The van der Waals surface area contributed by atoms with E-state index >= 15 is 0 Å². The summed E-state index contributed by atoms with van der Waals surface area (Å²) in [5.41, 5.74) is -0.142. The zero-order valence-electron chi connectivity index (χ0n) is 11.5. The number of hydrogen-bond donors (Lipinski definition) is 2. The maximum absolute atomic E-state index is 12.1. The standard InChI is InChI=1S/C12H17N5O3/c1-15-9-8(10(19)16(2)12(15)20)13-11(14-9)17-5-3-4-7(18)6-17/h7,18H,3-6H2,1-2H3,(H,13,14). The lowest BCUT2D eigenvalue weighted by molar-refractivity contribution is 0.153. The van der Waals surface area contributed by atoms with Crippen molar-refractivity contribution >= 4 is 17.1 Å². The molecular formula is C12H17N5O3. The predicted molar refractivity (Wildman–Crippen MR) is 74.0 cm³/mol. The number of β-amino-alcohol motifs (C(OH)–C–C–N with tert-alkyl or cyclic N) is 1. The Morgan fingerprint density at radius 2 is 2.05 bits per heavy atom. The van der Waals surface area contributed by atoms with Crippen LogP contribution in [0.5, 0.6) is 0 Å². The first-order valence-electron chi connectivity index (χ1n) is 6.58. The van der Waals surface area contributed by atoms with Crippen molar-refractivity contribution in [3.8, 4) is 0 Å². The van der Waals surface area contributed by atoms with Crippen LogP contribution in [0.25, 0.3) is 11.2 Å². The molecule has 1 unspecified atom stereocenters. The maximum atomic E-state index is 12.1. The van der Waals surface area contributed by atoms with Crippen molar-refractivity contribution in [2.45, 2.75) is 18.9 Å². The molecule has 0 saturated carbocycles. The zero-order valence-corrected chi connectivity index (χ0v) is 11.5. The molecule has 1 aliphatic rings. The molecule has 0 amide bonds. The van der Waals surface area contributed by atoms with E-state index in [4.69, 9.17) is 0 Å². The Labute approximate surface area is 114 Å². The molecule has 1 fully saturated rings. The number of hydrogen-bond acceptors (Lipinski definition) is 5. The summed E-state index contributed by atoms with van der Waals surface area (Å²) in [5.74, 6) is 0.525. The summed E-state index contributed by atoms with van der Waals surface area (Å²) in [7, 11) is 3.02. The van der Waals surface area contributed by atoms with E-state index < -0.39 is 5.69 Å². The van der Waals surface area contributed by atoms with Crippen molar-refractivity contribution < 1.29 is 5.11 Å². The highest BCUT2D eigenvalue weighted by Crippen LogP contribution is 2.18. The predicted octanol–water partition coefficient (Wildman–Crippen LogP) is -1.08. The van der Waals surface area contributed by atoms with Gasteiger partial charge in [-0.1, -0.05) is 0 Å². The minimum Gasteiger partial charge on any atom is -0.391 e. The molecule has 1 aliphatic heterocycles. The molecule has 2 N–H and O–H groups in total. The second-order valence-electron chi connectivity index (χ2n) is 5.21. The van der Waals surface area contributed by atoms with Crippen molar-refractivity contribution in [1.29, 1.82) is 0 Å². The van der Waals surface area contributed by atoms with Crippen LogP contribution in [0.15, 0.2) is 9.59 Å². The molecule has 3 rings (SSSR count). The fraction of sp³-hybridized carbons (Fsp3) is 0.583. The van der Waals surface area contributed by atoms with Gasteiger partial charge in [0.15, 0.2) is 11.2 Å². The van der Waals surface area contributed by atoms with Crippen molar-refractivity contribution in [3.63, 3.8) is 0 Å². The van der Waals surface area contributed by atoms with E-state index in [0.29, 0.717) is 23.7 Å². The molecule has 8 nitrogen and oxygen atoms in total. The number of aliphatic hydroxyl groups is 1. The van der Waals surface area contributed by atoms with Crippen molar-refractivity contribution in [3.05, 3.63) is 20.8 Å². The van der Waals surface area contributed by atoms with E-state index in [9.17, 15) is 14.7 Å². The maximum Gasteiger partial charge on any atom is 0.332 e. The Hall–Kier alpha value is -2.09. The van der Waals surface area contributed by atoms with Gasteiger partial charge in [0.1, 0.15) is 0 Å². The van der Waals surface area contributed by atoms with Gasteiger partial charge in [-0.15, -0.1) is 0 Å². The summed E-state index contributed by atoms with van der Waals surface area (Å²) in [6.45, 7) is 1.25. The monoisotopic (exact) mass is 279 g/mol. The van der Waals surface area contributed by atoms with Crippen LogP contribution >= 0.6 is 0 Å². The molecule has 3 heterocycles. The fourth-order valence-corrected chi connectivity index (χ4v) is 2.61. The van der Waals surface area contributed by atoms with Gasteiger partial charge in [-0.3, -0.25) is 13.9 Å². The number of aliphatic hydroxyl groups excluding tert-OH is 1. The largest absolute Gasteiger partial charge is 0.391 e. The van der Waals surface area contributed by atoms with E-state index in [2.05, 4.69) is 9.97 Å². The van der Waals surface area contributed by atoms with Gasteiger partial charge in [-0.05, 0) is 12.8 Å². The van der Waals surface area contributed by atoms with Gasteiger partial charge in [0.2, 0.25) is 5.95 Å². The Morgan fingerprint density at radius 3 is 2.75 bits per heavy atom. The van der Waals surface area contributed by atoms with Gasteiger partial charge in [-0.25, -0.2) is 4.79 Å². The summed E-state index contributed by atoms with van der Waals surface area (Å²) >= 11 is 0. The van der Waals surface area contributed by atoms with E-state index in [0.717, 1.165) is 24.0 Å². The normalized spacial score (nSPS) is 19.8.